The van der Waals surface area contributed by atoms with Gasteiger partial charge in [0.15, 0.2) is 9.76 Å². The van der Waals surface area contributed by atoms with E-state index in [0.717, 1.165) is 6.61 Å². The van der Waals surface area contributed by atoms with E-state index in [4.69, 9.17) is 4.43 Å². The van der Waals surface area contributed by atoms with E-state index in [-0.39, 0.29) is 9.76 Å². The average molecular weight is 186 g/mol. The molecule has 0 saturated carbocycles. The van der Waals surface area contributed by atoms with Crippen LogP contribution in [0.1, 0.15) is 46.5 Å². The van der Waals surface area contributed by atoms with Crippen molar-refractivity contribution < 1.29 is 4.43 Å². The molecule has 0 saturated heterocycles. The third kappa shape index (κ3) is 6.62. The lowest BCUT2D eigenvalue weighted by atomic mass is 10.1. The summed E-state index contributed by atoms with van der Waals surface area (Å²) in [7, 11) is -0.339. The first-order valence-corrected chi connectivity index (χ1v) is 6.50. The highest BCUT2D eigenvalue weighted by Crippen LogP contribution is 2.10. The normalized spacial score (nSPS) is 10.9. The van der Waals surface area contributed by atoms with E-state index >= 15 is 0 Å². The van der Waals surface area contributed by atoms with Gasteiger partial charge in [-0.3, -0.25) is 0 Å². The van der Waals surface area contributed by atoms with Crippen molar-refractivity contribution in [1.82, 2.24) is 0 Å². The van der Waals surface area contributed by atoms with Gasteiger partial charge in [0.1, 0.15) is 0 Å². The maximum Gasteiger partial charge on any atom is 0.185 e. The minimum Gasteiger partial charge on any atom is -0.419 e. The van der Waals surface area contributed by atoms with E-state index in [0.29, 0.717) is 0 Å². The summed E-state index contributed by atoms with van der Waals surface area (Å²) in [4.78, 5) is 0. The maximum atomic E-state index is 5.42. The lowest BCUT2D eigenvalue weighted by Crippen LogP contribution is -1.96. The summed E-state index contributed by atoms with van der Waals surface area (Å²) in [6.45, 7) is 7.44. The minimum absolute atomic E-state index is 0.339. The van der Waals surface area contributed by atoms with E-state index in [9.17, 15) is 0 Å². The summed E-state index contributed by atoms with van der Waals surface area (Å²) in [5.74, 6) is 0. The van der Waals surface area contributed by atoms with Crippen molar-refractivity contribution in [3.05, 3.63) is 11.3 Å². The highest BCUT2D eigenvalue weighted by molar-refractivity contribution is 6.34. The highest BCUT2D eigenvalue weighted by Gasteiger charge is 1.93. The molecule has 0 aromatic rings. The van der Waals surface area contributed by atoms with E-state index in [1.807, 2.05) is 0 Å². The van der Waals surface area contributed by atoms with Crippen LogP contribution in [0.5, 0.6) is 0 Å². The second-order valence-electron chi connectivity index (χ2n) is 3.02. The molecule has 0 heterocycles. The molecular weight excluding hydrogens is 164 g/mol. The van der Waals surface area contributed by atoms with Gasteiger partial charge in [-0.05, 0) is 19.8 Å². The van der Waals surface area contributed by atoms with Crippen LogP contribution < -0.4 is 0 Å². The molecule has 2 heteroatoms. The van der Waals surface area contributed by atoms with Crippen molar-refractivity contribution in [1.29, 1.82) is 0 Å². The van der Waals surface area contributed by atoms with Crippen molar-refractivity contribution in [2.24, 2.45) is 0 Å². The Morgan fingerprint density at radius 2 is 1.75 bits per heavy atom. The number of hydrogen-bond acceptors (Lipinski definition) is 1. The summed E-state index contributed by atoms with van der Waals surface area (Å²) >= 11 is 0. The smallest absolute Gasteiger partial charge is 0.185 e. The first-order chi connectivity index (χ1) is 5.85. The first kappa shape index (κ1) is 11.9. The Morgan fingerprint density at radius 3 is 2.17 bits per heavy atom. The Labute approximate surface area is 79.1 Å². The van der Waals surface area contributed by atoms with Gasteiger partial charge in [-0.25, -0.2) is 0 Å². The molecule has 72 valence electrons. The number of rotatable bonds is 7. The minimum atomic E-state index is -0.339. The van der Waals surface area contributed by atoms with Crippen LogP contribution >= 0.6 is 0 Å². The van der Waals surface area contributed by atoms with Crippen LogP contribution in [0.3, 0.4) is 0 Å². The second-order valence-corrected chi connectivity index (χ2v) is 4.17. The molecule has 0 fully saturated rings. The fraction of sp³-hybridized carbons (Fsp3) is 0.800. The Morgan fingerprint density at radius 1 is 1.17 bits per heavy atom. The second kappa shape index (κ2) is 9.01. The molecule has 0 unspecified atom stereocenters. The molecule has 0 atom stereocenters. The van der Waals surface area contributed by atoms with Crippen LogP contribution in [0.2, 0.25) is 0 Å². The molecule has 0 aliphatic heterocycles. The highest BCUT2D eigenvalue weighted by atomic mass is 28.2. The van der Waals surface area contributed by atoms with Gasteiger partial charge in [0.2, 0.25) is 0 Å². The molecule has 0 radical (unpaired) electrons. The van der Waals surface area contributed by atoms with Gasteiger partial charge in [-0.1, -0.05) is 38.0 Å². The zero-order valence-electron chi connectivity index (χ0n) is 8.73. The third-order valence-electron chi connectivity index (χ3n) is 1.84. The monoisotopic (exact) mass is 186 g/mol. The molecule has 0 N–H and O–H groups in total. The third-order valence-corrected chi connectivity index (χ3v) is 3.22. The van der Waals surface area contributed by atoms with Crippen molar-refractivity contribution in [3.63, 3.8) is 0 Å². The van der Waals surface area contributed by atoms with Gasteiger partial charge >= 0.3 is 0 Å². The number of hydrogen-bond donors (Lipinski definition) is 0. The molecule has 0 bridgehead atoms. The molecule has 0 aliphatic rings. The SMILES string of the molecule is CCCC(=C[SiH2]OCC)CCC. The summed E-state index contributed by atoms with van der Waals surface area (Å²) in [5.41, 5.74) is 4.01. The average Bonchev–Trinajstić information content (AvgIpc) is 2.06. The summed E-state index contributed by atoms with van der Waals surface area (Å²) in [6, 6.07) is 0. The van der Waals surface area contributed by atoms with Gasteiger partial charge in [-0.15, -0.1) is 0 Å². The fourth-order valence-electron chi connectivity index (χ4n) is 1.27. The van der Waals surface area contributed by atoms with Gasteiger partial charge in [0.25, 0.3) is 0 Å². The van der Waals surface area contributed by atoms with Crippen LogP contribution in [0.4, 0.5) is 0 Å². The van der Waals surface area contributed by atoms with Crippen LogP contribution in [0, 0.1) is 0 Å². The zero-order chi connectivity index (χ0) is 9.23. The van der Waals surface area contributed by atoms with Crippen LogP contribution in [-0.2, 0) is 4.43 Å². The summed E-state index contributed by atoms with van der Waals surface area (Å²) < 4.78 is 5.42. The van der Waals surface area contributed by atoms with Gasteiger partial charge in [-0.2, -0.15) is 0 Å². The predicted molar refractivity (Wildman–Crippen MR) is 58.1 cm³/mol. The molecule has 0 aliphatic carbocycles. The maximum absolute atomic E-state index is 5.42. The van der Waals surface area contributed by atoms with Crippen molar-refractivity contribution in [2.45, 2.75) is 46.5 Å². The molecule has 0 amide bonds. The standard InChI is InChI=1S/C10H22OSi/c1-4-7-10(8-5-2)9-12-11-6-3/h9H,4-8,12H2,1-3H3. The van der Waals surface area contributed by atoms with E-state index in [2.05, 4.69) is 26.5 Å². The molecule has 1 nitrogen and oxygen atoms in total. The lowest BCUT2D eigenvalue weighted by Gasteiger charge is -2.03. The Bertz CT molecular complexity index is 113. The zero-order valence-corrected chi connectivity index (χ0v) is 10.1. The fourth-order valence-corrected chi connectivity index (χ4v) is 2.26. The van der Waals surface area contributed by atoms with E-state index < -0.39 is 0 Å². The largest absolute Gasteiger partial charge is 0.419 e. The van der Waals surface area contributed by atoms with E-state index in [1.165, 1.54) is 25.7 Å². The molecule has 0 spiro atoms. The van der Waals surface area contributed by atoms with Crippen molar-refractivity contribution in [2.75, 3.05) is 6.61 Å². The number of allylic oxidation sites excluding steroid dienone is 1. The molecule has 0 rings (SSSR count). The van der Waals surface area contributed by atoms with Crippen LogP contribution in [0.25, 0.3) is 0 Å². The van der Waals surface area contributed by atoms with Gasteiger partial charge < -0.3 is 4.43 Å². The molecule has 0 aromatic heterocycles. The summed E-state index contributed by atoms with van der Waals surface area (Å²) in [5, 5.41) is 0. The quantitative estimate of drug-likeness (QED) is 0.439. The lowest BCUT2D eigenvalue weighted by molar-refractivity contribution is 0.366. The van der Waals surface area contributed by atoms with Crippen molar-refractivity contribution >= 4 is 9.76 Å². The van der Waals surface area contributed by atoms with Gasteiger partial charge in [0.05, 0.1) is 0 Å². The van der Waals surface area contributed by atoms with Crippen molar-refractivity contribution in [3.8, 4) is 0 Å². The Kier molecular flexibility index (Phi) is 8.95. The summed E-state index contributed by atoms with van der Waals surface area (Å²) in [6.07, 6.45) is 5.08. The topological polar surface area (TPSA) is 9.23 Å². The van der Waals surface area contributed by atoms with Crippen LogP contribution in [-0.4, -0.2) is 16.4 Å². The Balaban J connectivity index is 3.64. The Hall–Kier alpha value is -0.0831. The molecule has 12 heavy (non-hydrogen) atoms. The molecular formula is C10H22OSi. The van der Waals surface area contributed by atoms with Gasteiger partial charge in [0, 0.05) is 6.61 Å². The van der Waals surface area contributed by atoms with Crippen LogP contribution in [0.15, 0.2) is 11.3 Å². The molecule has 0 aromatic carbocycles. The predicted octanol–water partition coefficient (Wildman–Crippen LogP) is 2.59. The first-order valence-electron chi connectivity index (χ1n) is 5.10. The van der Waals surface area contributed by atoms with E-state index in [1.54, 1.807) is 5.57 Å².